The third-order valence-electron chi connectivity index (χ3n) is 2.38. The van der Waals surface area contributed by atoms with Gasteiger partial charge in [-0.2, -0.15) is 0 Å². The van der Waals surface area contributed by atoms with Crippen molar-refractivity contribution in [1.82, 2.24) is 10.6 Å². The van der Waals surface area contributed by atoms with Crippen molar-refractivity contribution in [1.29, 1.82) is 0 Å². The Hall–Kier alpha value is -0.570. The zero-order valence-electron chi connectivity index (χ0n) is 7.89. The first kappa shape index (κ1) is 9.52. The number of carbonyl (C=O) groups is 1. The van der Waals surface area contributed by atoms with Gasteiger partial charge in [-0.1, -0.05) is 6.92 Å². The highest BCUT2D eigenvalue weighted by Gasteiger charge is 2.22. The molecule has 0 spiro atoms. The lowest BCUT2D eigenvalue weighted by Gasteiger charge is -2.15. The Labute approximate surface area is 73.9 Å². The lowest BCUT2D eigenvalue weighted by atomic mass is 10.2. The number of amides is 1. The highest BCUT2D eigenvalue weighted by Crippen LogP contribution is 2.05. The zero-order chi connectivity index (χ0) is 8.97. The van der Waals surface area contributed by atoms with Crippen LogP contribution in [0.5, 0.6) is 0 Å². The number of carbonyl (C=O) groups excluding carboxylic acids is 1. The molecule has 1 saturated heterocycles. The molecule has 3 nitrogen and oxygen atoms in total. The fraction of sp³-hybridized carbons (Fsp3) is 0.889. The molecule has 0 saturated carbocycles. The molecule has 1 rings (SSSR count). The molecule has 0 unspecified atom stereocenters. The van der Waals surface area contributed by atoms with Crippen LogP contribution in [0.15, 0.2) is 0 Å². The lowest BCUT2D eigenvalue weighted by Crippen LogP contribution is -2.43. The Bertz CT molecular complexity index is 153. The van der Waals surface area contributed by atoms with Crippen LogP contribution in [0.2, 0.25) is 0 Å². The van der Waals surface area contributed by atoms with Gasteiger partial charge < -0.3 is 10.6 Å². The van der Waals surface area contributed by atoms with Gasteiger partial charge in [-0.05, 0) is 32.7 Å². The van der Waals surface area contributed by atoms with Crippen molar-refractivity contribution < 1.29 is 4.79 Å². The molecule has 0 aromatic heterocycles. The summed E-state index contributed by atoms with van der Waals surface area (Å²) in [4.78, 5) is 11.4. The molecular weight excluding hydrogens is 152 g/mol. The summed E-state index contributed by atoms with van der Waals surface area (Å²) in [5.74, 6) is 0.168. The Morgan fingerprint density at radius 2 is 2.50 bits per heavy atom. The topological polar surface area (TPSA) is 41.1 Å². The second kappa shape index (κ2) is 4.45. The van der Waals surface area contributed by atoms with Crippen molar-refractivity contribution in [3.05, 3.63) is 0 Å². The molecule has 1 fully saturated rings. The van der Waals surface area contributed by atoms with Gasteiger partial charge in [-0.3, -0.25) is 4.79 Å². The average Bonchev–Trinajstić information content (AvgIpc) is 2.56. The predicted octanol–water partition coefficient (Wildman–Crippen LogP) is 0.653. The van der Waals surface area contributed by atoms with E-state index in [1.54, 1.807) is 0 Å². The molecule has 0 radical (unpaired) electrons. The molecule has 0 bridgehead atoms. The minimum Gasteiger partial charge on any atom is -0.352 e. The number of hydrogen-bond acceptors (Lipinski definition) is 2. The maximum absolute atomic E-state index is 11.4. The Kier molecular flexibility index (Phi) is 3.53. The summed E-state index contributed by atoms with van der Waals surface area (Å²) in [6.45, 7) is 5.10. The first-order chi connectivity index (χ1) is 5.74. The largest absolute Gasteiger partial charge is 0.352 e. The van der Waals surface area contributed by atoms with Gasteiger partial charge in [0.1, 0.15) is 0 Å². The van der Waals surface area contributed by atoms with Crippen LogP contribution < -0.4 is 10.6 Å². The summed E-state index contributed by atoms with van der Waals surface area (Å²) >= 11 is 0. The van der Waals surface area contributed by atoms with Crippen LogP contribution in [-0.4, -0.2) is 24.5 Å². The molecule has 3 heteroatoms. The molecule has 1 aliphatic rings. The smallest absolute Gasteiger partial charge is 0.237 e. The van der Waals surface area contributed by atoms with Crippen molar-refractivity contribution in [3.8, 4) is 0 Å². The highest BCUT2D eigenvalue weighted by molar-refractivity contribution is 5.82. The molecule has 0 aromatic carbocycles. The summed E-state index contributed by atoms with van der Waals surface area (Å²) in [6.07, 6.45) is 3.11. The molecule has 1 amide bonds. The third-order valence-corrected chi connectivity index (χ3v) is 2.38. The highest BCUT2D eigenvalue weighted by atomic mass is 16.2. The van der Waals surface area contributed by atoms with E-state index in [1.165, 1.54) is 0 Å². The summed E-state index contributed by atoms with van der Waals surface area (Å²) in [5.41, 5.74) is 0. The Morgan fingerprint density at radius 3 is 3.00 bits per heavy atom. The van der Waals surface area contributed by atoms with Gasteiger partial charge in [0.05, 0.1) is 6.04 Å². The average molecular weight is 170 g/mol. The first-order valence-electron chi connectivity index (χ1n) is 4.77. The quantitative estimate of drug-likeness (QED) is 0.653. The maximum atomic E-state index is 11.4. The van der Waals surface area contributed by atoms with Crippen molar-refractivity contribution in [2.75, 3.05) is 6.54 Å². The fourth-order valence-electron chi connectivity index (χ4n) is 1.35. The molecular formula is C9H18N2O. The van der Waals surface area contributed by atoms with E-state index in [2.05, 4.69) is 17.6 Å². The van der Waals surface area contributed by atoms with Crippen LogP contribution in [0.3, 0.4) is 0 Å². The minimum atomic E-state index is 0.0685. The summed E-state index contributed by atoms with van der Waals surface area (Å²) in [7, 11) is 0. The molecule has 1 aliphatic heterocycles. The van der Waals surface area contributed by atoms with E-state index in [0.717, 1.165) is 25.8 Å². The van der Waals surface area contributed by atoms with Crippen LogP contribution in [0, 0.1) is 0 Å². The van der Waals surface area contributed by atoms with E-state index >= 15 is 0 Å². The molecule has 2 N–H and O–H groups in total. The molecule has 0 aliphatic carbocycles. The number of nitrogens with one attached hydrogen (secondary N) is 2. The van der Waals surface area contributed by atoms with Crippen LogP contribution >= 0.6 is 0 Å². The Balaban J connectivity index is 2.27. The van der Waals surface area contributed by atoms with Gasteiger partial charge in [0.15, 0.2) is 0 Å². The fourth-order valence-corrected chi connectivity index (χ4v) is 1.35. The first-order valence-corrected chi connectivity index (χ1v) is 4.77. The van der Waals surface area contributed by atoms with Crippen molar-refractivity contribution >= 4 is 5.91 Å². The van der Waals surface area contributed by atoms with Crippen molar-refractivity contribution in [2.24, 2.45) is 0 Å². The van der Waals surface area contributed by atoms with Gasteiger partial charge in [-0.15, -0.1) is 0 Å². The number of hydrogen-bond donors (Lipinski definition) is 2. The van der Waals surface area contributed by atoms with E-state index < -0.39 is 0 Å². The van der Waals surface area contributed by atoms with E-state index in [-0.39, 0.29) is 11.9 Å². The summed E-state index contributed by atoms with van der Waals surface area (Å²) in [6, 6.07) is 0.374. The SMILES string of the molecule is CC[C@H](C)NC(=O)[C@H]1CCCN1. The second-order valence-corrected chi connectivity index (χ2v) is 3.47. The van der Waals surface area contributed by atoms with Crippen molar-refractivity contribution in [3.63, 3.8) is 0 Å². The van der Waals surface area contributed by atoms with E-state index in [4.69, 9.17) is 0 Å². The predicted molar refractivity (Wildman–Crippen MR) is 48.9 cm³/mol. The van der Waals surface area contributed by atoms with Crippen LogP contribution in [0.1, 0.15) is 33.1 Å². The molecule has 12 heavy (non-hydrogen) atoms. The minimum absolute atomic E-state index is 0.0685. The van der Waals surface area contributed by atoms with E-state index in [0.29, 0.717) is 6.04 Å². The van der Waals surface area contributed by atoms with Gasteiger partial charge in [0, 0.05) is 6.04 Å². The third kappa shape index (κ3) is 2.48. The van der Waals surface area contributed by atoms with Crippen molar-refractivity contribution in [2.45, 2.75) is 45.2 Å². The van der Waals surface area contributed by atoms with E-state index in [1.807, 2.05) is 6.92 Å². The van der Waals surface area contributed by atoms with Crippen LogP contribution in [-0.2, 0) is 4.79 Å². The van der Waals surface area contributed by atoms with Crippen LogP contribution in [0.25, 0.3) is 0 Å². The van der Waals surface area contributed by atoms with E-state index in [9.17, 15) is 4.79 Å². The lowest BCUT2D eigenvalue weighted by molar-refractivity contribution is -0.123. The summed E-state index contributed by atoms with van der Waals surface area (Å²) in [5, 5.41) is 6.14. The normalized spacial score (nSPS) is 25.3. The Morgan fingerprint density at radius 1 is 1.75 bits per heavy atom. The molecule has 0 aromatic rings. The maximum Gasteiger partial charge on any atom is 0.237 e. The second-order valence-electron chi connectivity index (χ2n) is 3.47. The molecule has 1 heterocycles. The molecule has 70 valence electrons. The van der Waals surface area contributed by atoms with Gasteiger partial charge in [0.25, 0.3) is 0 Å². The number of rotatable bonds is 3. The monoisotopic (exact) mass is 170 g/mol. The zero-order valence-corrected chi connectivity index (χ0v) is 7.89. The molecule has 2 atom stereocenters. The standard InChI is InChI=1S/C9H18N2O/c1-3-7(2)11-9(12)8-5-4-6-10-8/h7-8,10H,3-6H2,1-2H3,(H,11,12)/t7-,8+/m0/s1. The summed E-state index contributed by atoms with van der Waals surface area (Å²) < 4.78 is 0. The van der Waals surface area contributed by atoms with Gasteiger partial charge in [0.2, 0.25) is 5.91 Å². The van der Waals surface area contributed by atoms with Gasteiger partial charge in [-0.25, -0.2) is 0 Å². The van der Waals surface area contributed by atoms with Gasteiger partial charge >= 0.3 is 0 Å². The van der Waals surface area contributed by atoms with Crippen LogP contribution in [0.4, 0.5) is 0 Å².